The SMILES string of the molecule is CC(=O)O[C@H]1CC2=C(c3ccoc3)C[C@@H](O)[C@@]2(C)[C@]2(C)C(=O)C(O)=C3C(C)(C)C(=O)CC[C@]3(C)[C@@H]12. The number of allylic oxidation sites excluding steroid dienone is 2. The Kier molecular flexibility index (Phi) is 4.94. The van der Waals surface area contributed by atoms with E-state index in [4.69, 9.17) is 9.15 Å². The average molecular weight is 483 g/mol. The average Bonchev–Trinajstić information content (AvgIpc) is 3.37. The van der Waals surface area contributed by atoms with Crippen LogP contribution in [0.25, 0.3) is 5.57 Å². The summed E-state index contributed by atoms with van der Waals surface area (Å²) in [5.74, 6) is -1.88. The first-order valence-electron chi connectivity index (χ1n) is 12.3. The first kappa shape index (κ1) is 24.0. The zero-order chi connectivity index (χ0) is 25.7. The predicted molar refractivity (Wildman–Crippen MR) is 127 cm³/mol. The number of Topliss-reactive ketones (excluding diaryl/α,β-unsaturated/α-hetero) is 2. The number of hydrogen-bond donors (Lipinski definition) is 2. The molecule has 0 unspecified atom stereocenters. The van der Waals surface area contributed by atoms with Gasteiger partial charge in [-0.05, 0) is 43.9 Å². The highest BCUT2D eigenvalue weighted by Crippen LogP contribution is 2.73. The molecule has 0 radical (unpaired) electrons. The van der Waals surface area contributed by atoms with E-state index in [1.807, 2.05) is 19.9 Å². The van der Waals surface area contributed by atoms with E-state index in [0.717, 1.165) is 16.7 Å². The molecule has 0 bridgehead atoms. The standard InChI is InChI=1S/C28H34O7/c1-14(29)35-18-12-17-16(15-8-10-34-13-15)11-20(31)27(17,5)28(6)22(18)26(4)9-7-19(30)25(2,3)23(26)21(32)24(28)33/h8,10,13,18,20,22,31-32H,7,9,11-12H2,1-6H3/t18-,20+,22+,26+,27-,28-/m0/s1. The lowest BCUT2D eigenvalue weighted by atomic mass is 9.37. The van der Waals surface area contributed by atoms with Gasteiger partial charge in [-0.25, -0.2) is 0 Å². The van der Waals surface area contributed by atoms with Gasteiger partial charge in [0.25, 0.3) is 0 Å². The van der Waals surface area contributed by atoms with Crippen molar-refractivity contribution in [1.29, 1.82) is 0 Å². The molecule has 7 nitrogen and oxygen atoms in total. The van der Waals surface area contributed by atoms with Gasteiger partial charge < -0.3 is 19.4 Å². The number of ether oxygens (including phenoxy) is 1. The predicted octanol–water partition coefficient (Wildman–Crippen LogP) is 4.55. The van der Waals surface area contributed by atoms with Crippen LogP contribution in [0, 0.1) is 27.6 Å². The highest BCUT2D eigenvalue weighted by molar-refractivity contribution is 6.04. The quantitative estimate of drug-likeness (QED) is 0.594. The van der Waals surface area contributed by atoms with Crippen molar-refractivity contribution in [3.05, 3.63) is 41.1 Å². The third-order valence-electron chi connectivity index (χ3n) is 10.1. The van der Waals surface area contributed by atoms with Crippen LogP contribution in [0.5, 0.6) is 0 Å². The van der Waals surface area contributed by atoms with E-state index in [9.17, 15) is 24.6 Å². The lowest BCUT2D eigenvalue weighted by Crippen LogP contribution is -2.68. The lowest BCUT2D eigenvalue weighted by Gasteiger charge is -2.65. The molecule has 0 aliphatic heterocycles. The van der Waals surface area contributed by atoms with Crippen molar-refractivity contribution in [3.8, 4) is 0 Å². The minimum absolute atomic E-state index is 0.0253. The van der Waals surface area contributed by atoms with Crippen LogP contribution in [0.15, 0.2) is 39.9 Å². The highest BCUT2D eigenvalue weighted by Gasteiger charge is 2.74. The van der Waals surface area contributed by atoms with E-state index < -0.39 is 51.5 Å². The molecule has 0 saturated heterocycles. The molecule has 1 heterocycles. The number of aliphatic hydroxyl groups excluding tert-OH is 2. The molecular formula is C28H34O7. The van der Waals surface area contributed by atoms with Crippen molar-refractivity contribution in [2.75, 3.05) is 0 Å². The van der Waals surface area contributed by atoms with Gasteiger partial charge in [-0.2, -0.15) is 0 Å². The molecule has 0 aromatic carbocycles. The minimum Gasteiger partial charge on any atom is -0.504 e. The molecule has 2 N–H and O–H groups in total. The van der Waals surface area contributed by atoms with Gasteiger partial charge in [0.2, 0.25) is 5.78 Å². The summed E-state index contributed by atoms with van der Waals surface area (Å²) in [6.45, 7) is 10.6. The smallest absolute Gasteiger partial charge is 0.302 e. The van der Waals surface area contributed by atoms with Crippen LogP contribution in [0.1, 0.15) is 72.8 Å². The van der Waals surface area contributed by atoms with Crippen LogP contribution in [0.4, 0.5) is 0 Å². The molecule has 188 valence electrons. The Bertz CT molecular complexity index is 1200. The van der Waals surface area contributed by atoms with Gasteiger partial charge in [-0.15, -0.1) is 0 Å². The normalized spacial score (nSPS) is 40.4. The van der Waals surface area contributed by atoms with Gasteiger partial charge in [0.1, 0.15) is 11.9 Å². The summed E-state index contributed by atoms with van der Waals surface area (Å²) in [4.78, 5) is 39.5. The van der Waals surface area contributed by atoms with Gasteiger partial charge in [0.15, 0.2) is 5.76 Å². The molecule has 2 fully saturated rings. The number of carbonyl (C=O) groups excluding carboxylic acids is 3. The van der Waals surface area contributed by atoms with Gasteiger partial charge in [0.05, 0.1) is 24.0 Å². The molecule has 1 aromatic rings. The van der Waals surface area contributed by atoms with Crippen LogP contribution in [-0.4, -0.2) is 40.0 Å². The van der Waals surface area contributed by atoms with E-state index in [2.05, 4.69) is 0 Å². The van der Waals surface area contributed by atoms with Crippen LogP contribution in [0.2, 0.25) is 0 Å². The molecule has 4 aliphatic carbocycles. The fraction of sp³-hybridized carbons (Fsp3) is 0.607. The van der Waals surface area contributed by atoms with Crippen LogP contribution in [0.3, 0.4) is 0 Å². The highest BCUT2D eigenvalue weighted by atomic mass is 16.5. The van der Waals surface area contributed by atoms with Crippen molar-refractivity contribution in [1.82, 2.24) is 0 Å². The van der Waals surface area contributed by atoms with E-state index in [1.54, 1.807) is 33.3 Å². The fourth-order valence-electron chi connectivity index (χ4n) is 8.42. The summed E-state index contributed by atoms with van der Waals surface area (Å²) in [7, 11) is 0. The number of furan rings is 1. The summed E-state index contributed by atoms with van der Waals surface area (Å²) >= 11 is 0. The third-order valence-corrected chi connectivity index (χ3v) is 10.1. The number of fused-ring (bicyclic) bond motifs is 5. The van der Waals surface area contributed by atoms with E-state index >= 15 is 0 Å². The van der Waals surface area contributed by atoms with Crippen molar-refractivity contribution >= 4 is 23.1 Å². The van der Waals surface area contributed by atoms with Crippen molar-refractivity contribution in [2.24, 2.45) is 27.6 Å². The number of carbonyl (C=O) groups is 3. The molecule has 1 aromatic heterocycles. The molecule has 2 saturated carbocycles. The Balaban J connectivity index is 1.83. The molecule has 6 atom stereocenters. The number of ketones is 2. The fourth-order valence-corrected chi connectivity index (χ4v) is 8.42. The van der Waals surface area contributed by atoms with Crippen molar-refractivity contribution < 1.29 is 33.8 Å². The van der Waals surface area contributed by atoms with Crippen LogP contribution in [-0.2, 0) is 19.1 Å². The monoisotopic (exact) mass is 482 g/mol. The lowest BCUT2D eigenvalue weighted by molar-refractivity contribution is -0.193. The summed E-state index contributed by atoms with van der Waals surface area (Å²) in [6, 6.07) is 1.82. The maximum Gasteiger partial charge on any atom is 0.302 e. The van der Waals surface area contributed by atoms with Crippen LogP contribution < -0.4 is 0 Å². The Hall–Kier alpha value is -2.67. The number of esters is 1. The van der Waals surface area contributed by atoms with Crippen molar-refractivity contribution in [2.45, 2.75) is 79.4 Å². The van der Waals surface area contributed by atoms with Gasteiger partial charge in [0, 0.05) is 47.5 Å². The van der Waals surface area contributed by atoms with Crippen LogP contribution >= 0.6 is 0 Å². The Morgan fingerprint density at radius 2 is 1.80 bits per heavy atom. The first-order valence-corrected chi connectivity index (χ1v) is 12.3. The molecule has 7 heteroatoms. The maximum atomic E-state index is 14.3. The minimum atomic E-state index is -1.27. The summed E-state index contributed by atoms with van der Waals surface area (Å²) in [5, 5.41) is 23.1. The maximum absolute atomic E-state index is 14.3. The molecular weight excluding hydrogens is 448 g/mol. The zero-order valence-electron chi connectivity index (χ0n) is 21.2. The number of hydrogen-bond acceptors (Lipinski definition) is 7. The summed E-state index contributed by atoms with van der Waals surface area (Å²) in [5.41, 5.74) is -1.09. The Morgan fingerprint density at radius 1 is 1.11 bits per heavy atom. The second-order valence-electron chi connectivity index (χ2n) is 11.9. The molecule has 5 rings (SSSR count). The second kappa shape index (κ2) is 7.19. The first-order chi connectivity index (χ1) is 16.2. The van der Waals surface area contributed by atoms with Gasteiger partial charge >= 0.3 is 5.97 Å². The molecule has 0 spiro atoms. The van der Waals surface area contributed by atoms with Crippen molar-refractivity contribution in [3.63, 3.8) is 0 Å². The van der Waals surface area contributed by atoms with Gasteiger partial charge in [-0.3, -0.25) is 14.4 Å². The zero-order valence-corrected chi connectivity index (χ0v) is 21.2. The molecule has 35 heavy (non-hydrogen) atoms. The third kappa shape index (κ3) is 2.73. The summed E-state index contributed by atoms with van der Waals surface area (Å²) in [6.07, 6.45) is 3.06. The Morgan fingerprint density at radius 3 is 2.40 bits per heavy atom. The Labute approximate surface area is 205 Å². The van der Waals surface area contributed by atoms with E-state index in [0.29, 0.717) is 31.3 Å². The topological polar surface area (TPSA) is 114 Å². The number of rotatable bonds is 2. The second-order valence-corrected chi connectivity index (χ2v) is 11.9. The largest absolute Gasteiger partial charge is 0.504 e. The molecule has 0 amide bonds. The van der Waals surface area contributed by atoms with E-state index in [-0.39, 0.29) is 11.5 Å². The number of aliphatic hydroxyl groups is 2. The summed E-state index contributed by atoms with van der Waals surface area (Å²) < 4.78 is 11.3. The molecule has 4 aliphatic rings. The van der Waals surface area contributed by atoms with Gasteiger partial charge in [-0.1, -0.05) is 26.3 Å². The van der Waals surface area contributed by atoms with E-state index in [1.165, 1.54) is 6.92 Å².